The Hall–Kier alpha value is -3.35. The van der Waals surface area contributed by atoms with Crippen molar-refractivity contribution in [2.75, 3.05) is 19.7 Å². The number of hydrogen-bond donors (Lipinski definition) is 2. The van der Waals surface area contributed by atoms with Crippen molar-refractivity contribution in [3.63, 3.8) is 0 Å². The van der Waals surface area contributed by atoms with Gasteiger partial charge in [0.05, 0.1) is 11.5 Å². The maximum absolute atomic E-state index is 12.5. The predicted octanol–water partition coefficient (Wildman–Crippen LogP) is 2.32. The zero-order chi connectivity index (χ0) is 20.6. The Morgan fingerprint density at radius 3 is 2.48 bits per heavy atom. The fourth-order valence-electron chi connectivity index (χ4n) is 3.27. The number of carboxylic acids is 1. The number of carbonyl (C=O) groups excluding carboxylic acids is 2. The Bertz CT molecular complexity index is 851. The summed E-state index contributed by atoms with van der Waals surface area (Å²) in [4.78, 5) is 37.5. The monoisotopic (exact) mass is 396 g/mol. The summed E-state index contributed by atoms with van der Waals surface area (Å²) in [5.74, 6) is -0.836. The molecule has 0 radical (unpaired) electrons. The van der Waals surface area contributed by atoms with Gasteiger partial charge in [-0.05, 0) is 42.7 Å². The first-order chi connectivity index (χ1) is 14.0. The van der Waals surface area contributed by atoms with Crippen LogP contribution in [0.3, 0.4) is 0 Å². The van der Waals surface area contributed by atoms with E-state index < -0.39 is 5.97 Å². The SMILES string of the molecule is O=C(O)c1ccc(CNC(=O)C2CCCN(C(=O)COc3ccccc3)C2)cc1. The minimum atomic E-state index is -0.983. The molecule has 0 bridgehead atoms. The van der Waals surface area contributed by atoms with E-state index in [0.29, 0.717) is 25.4 Å². The highest BCUT2D eigenvalue weighted by atomic mass is 16.5. The van der Waals surface area contributed by atoms with Crippen molar-refractivity contribution in [1.29, 1.82) is 0 Å². The lowest BCUT2D eigenvalue weighted by atomic mass is 9.97. The predicted molar refractivity (Wildman–Crippen MR) is 106 cm³/mol. The van der Waals surface area contributed by atoms with E-state index in [9.17, 15) is 14.4 Å². The molecule has 1 fully saturated rings. The number of rotatable bonds is 7. The van der Waals surface area contributed by atoms with Crippen molar-refractivity contribution >= 4 is 17.8 Å². The standard InChI is InChI=1S/C22H24N2O5/c25-20(15-29-19-6-2-1-3-7-19)24-12-4-5-18(14-24)21(26)23-13-16-8-10-17(11-9-16)22(27)28/h1-3,6-11,18H,4-5,12-15H2,(H,23,26)(H,27,28). The van der Waals surface area contributed by atoms with E-state index in [2.05, 4.69) is 5.32 Å². The second-order valence-corrected chi connectivity index (χ2v) is 7.00. The molecule has 1 aliphatic rings. The second kappa shape index (κ2) is 9.73. The molecular weight excluding hydrogens is 372 g/mol. The van der Waals surface area contributed by atoms with E-state index in [1.54, 1.807) is 29.2 Å². The topological polar surface area (TPSA) is 95.9 Å². The van der Waals surface area contributed by atoms with Crippen LogP contribution in [0.2, 0.25) is 0 Å². The Morgan fingerprint density at radius 2 is 1.79 bits per heavy atom. The van der Waals surface area contributed by atoms with Gasteiger partial charge in [0.25, 0.3) is 5.91 Å². The maximum atomic E-state index is 12.5. The normalized spacial score (nSPS) is 16.1. The lowest BCUT2D eigenvalue weighted by molar-refractivity contribution is -0.137. The van der Waals surface area contributed by atoms with Crippen LogP contribution < -0.4 is 10.1 Å². The third kappa shape index (κ3) is 5.81. The molecule has 1 unspecified atom stereocenters. The van der Waals surface area contributed by atoms with E-state index >= 15 is 0 Å². The number of piperidine rings is 1. The Morgan fingerprint density at radius 1 is 1.07 bits per heavy atom. The molecule has 7 heteroatoms. The van der Waals surface area contributed by atoms with Crippen LogP contribution in [0.1, 0.15) is 28.8 Å². The summed E-state index contributed by atoms with van der Waals surface area (Å²) in [6.45, 7) is 1.27. The molecule has 0 saturated carbocycles. The van der Waals surface area contributed by atoms with Gasteiger partial charge in [0.2, 0.25) is 5.91 Å². The van der Waals surface area contributed by atoms with Gasteiger partial charge in [-0.15, -0.1) is 0 Å². The molecule has 0 aromatic heterocycles. The summed E-state index contributed by atoms with van der Waals surface area (Å²) < 4.78 is 5.51. The second-order valence-electron chi connectivity index (χ2n) is 7.00. The van der Waals surface area contributed by atoms with Crippen molar-refractivity contribution in [1.82, 2.24) is 10.2 Å². The van der Waals surface area contributed by atoms with Crippen LogP contribution in [0.15, 0.2) is 54.6 Å². The van der Waals surface area contributed by atoms with Gasteiger partial charge < -0.3 is 20.1 Å². The number of aromatic carboxylic acids is 1. The molecule has 152 valence electrons. The van der Waals surface area contributed by atoms with E-state index in [1.165, 1.54) is 12.1 Å². The van der Waals surface area contributed by atoms with Crippen LogP contribution in [-0.4, -0.2) is 47.5 Å². The van der Waals surface area contributed by atoms with E-state index in [4.69, 9.17) is 9.84 Å². The fraction of sp³-hybridized carbons (Fsp3) is 0.318. The first kappa shape index (κ1) is 20.4. The average Bonchev–Trinajstić information content (AvgIpc) is 2.77. The lowest BCUT2D eigenvalue weighted by Crippen LogP contribution is -2.46. The van der Waals surface area contributed by atoms with Gasteiger partial charge >= 0.3 is 5.97 Å². The first-order valence-electron chi connectivity index (χ1n) is 9.58. The molecular formula is C22H24N2O5. The number of hydrogen-bond acceptors (Lipinski definition) is 4. The van der Waals surface area contributed by atoms with Gasteiger partial charge in [0, 0.05) is 19.6 Å². The Kier molecular flexibility index (Phi) is 6.84. The maximum Gasteiger partial charge on any atom is 0.335 e. The number of carbonyl (C=O) groups is 3. The van der Waals surface area contributed by atoms with Crippen molar-refractivity contribution in [2.45, 2.75) is 19.4 Å². The molecule has 2 amide bonds. The highest BCUT2D eigenvalue weighted by molar-refractivity contribution is 5.87. The van der Waals surface area contributed by atoms with Crippen molar-refractivity contribution in [3.05, 3.63) is 65.7 Å². The Balaban J connectivity index is 1.47. The molecule has 2 N–H and O–H groups in total. The quantitative estimate of drug-likeness (QED) is 0.749. The summed E-state index contributed by atoms with van der Waals surface area (Å²) in [5.41, 5.74) is 1.03. The molecule has 1 heterocycles. The molecule has 1 atom stereocenters. The summed E-state index contributed by atoms with van der Waals surface area (Å²) in [6, 6.07) is 15.5. The summed E-state index contributed by atoms with van der Waals surface area (Å²) >= 11 is 0. The minimum absolute atomic E-state index is 0.0473. The van der Waals surface area contributed by atoms with Crippen LogP contribution in [0, 0.1) is 5.92 Å². The van der Waals surface area contributed by atoms with Crippen LogP contribution in [0.25, 0.3) is 0 Å². The fourth-order valence-corrected chi connectivity index (χ4v) is 3.27. The molecule has 0 spiro atoms. The summed E-state index contributed by atoms with van der Waals surface area (Å²) in [7, 11) is 0. The highest BCUT2D eigenvalue weighted by Gasteiger charge is 2.28. The smallest absolute Gasteiger partial charge is 0.335 e. The number of likely N-dealkylation sites (tertiary alicyclic amines) is 1. The molecule has 0 aliphatic carbocycles. The van der Waals surface area contributed by atoms with Crippen LogP contribution in [0.4, 0.5) is 0 Å². The number of para-hydroxylation sites is 1. The van der Waals surface area contributed by atoms with Crippen molar-refractivity contribution in [2.24, 2.45) is 5.92 Å². The number of ether oxygens (including phenoxy) is 1. The molecule has 7 nitrogen and oxygen atoms in total. The number of benzene rings is 2. The number of amides is 2. The molecule has 3 rings (SSSR count). The zero-order valence-corrected chi connectivity index (χ0v) is 16.0. The number of nitrogens with zero attached hydrogens (tertiary/aromatic N) is 1. The van der Waals surface area contributed by atoms with Gasteiger partial charge in [-0.3, -0.25) is 9.59 Å². The molecule has 29 heavy (non-hydrogen) atoms. The van der Waals surface area contributed by atoms with Gasteiger partial charge in [-0.2, -0.15) is 0 Å². The third-order valence-corrected chi connectivity index (χ3v) is 4.92. The summed E-state index contributed by atoms with van der Waals surface area (Å²) in [6.07, 6.45) is 1.50. The van der Waals surface area contributed by atoms with Gasteiger partial charge in [0.15, 0.2) is 6.61 Å². The molecule has 1 aliphatic heterocycles. The Labute approximate surface area is 169 Å². The lowest BCUT2D eigenvalue weighted by Gasteiger charge is -2.32. The minimum Gasteiger partial charge on any atom is -0.484 e. The zero-order valence-electron chi connectivity index (χ0n) is 16.0. The molecule has 2 aromatic carbocycles. The molecule has 2 aromatic rings. The van der Waals surface area contributed by atoms with E-state index in [0.717, 1.165) is 18.4 Å². The van der Waals surface area contributed by atoms with E-state index in [-0.39, 0.29) is 29.9 Å². The first-order valence-corrected chi connectivity index (χ1v) is 9.58. The molecule has 1 saturated heterocycles. The van der Waals surface area contributed by atoms with Crippen LogP contribution >= 0.6 is 0 Å². The van der Waals surface area contributed by atoms with Gasteiger partial charge in [-0.25, -0.2) is 4.79 Å². The van der Waals surface area contributed by atoms with Gasteiger partial charge in [-0.1, -0.05) is 30.3 Å². The number of nitrogens with one attached hydrogen (secondary N) is 1. The van der Waals surface area contributed by atoms with Crippen LogP contribution in [-0.2, 0) is 16.1 Å². The average molecular weight is 396 g/mol. The highest BCUT2D eigenvalue weighted by Crippen LogP contribution is 2.18. The third-order valence-electron chi connectivity index (χ3n) is 4.92. The van der Waals surface area contributed by atoms with Crippen molar-refractivity contribution in [3.8, 4) is 5.75 Å². The number of carboxylic acid groups (broad SMARTS) is 1. The van der Waals surface area contributed by atoms with Crippen LogP contribution in [0.5, 0.6) is 5.75 Å². The van der Waals surface area contributed by atoms with Gasteiger partial charge in [0.1, 0.15) is 5.75 Å². The largest absolute Gasteiger partial charge is 0.484 e. The van der Waals surface area contributed by atoms with E-state index in [1.807, 2.05) is 18.2 Å². The summed E-state index contributed by atoms with van der Waals surface area (Å²) in [5, 5.41) is 11.8. The van der Waals surface area contributed by atoms with Crippen molar-refractivity contribution < 1.29 is 24.2 Å².